The number of non-ortho nitro benzene ring substituents is 1. The lowest BCUT2D eigenvalue weighted by Crippen LogP contribution is -2.00. The lowest BCUT2D eigenvalue weighted by Gasteiger charge is -2.09. The number of anilines is 1. The van der Waals surface area contributed by atoms with Crippen molar-refractivity contribution in [2.24, 2.45) is 0 Å². The number of nitrogens with one attached hydrogen (secondary N) is 1. The average molecular weight is 413 g/mol. The third-order valence-corrected chi connectivity index (χ3v) is 4.35. The molecule has 132 valence electrons. The number of rotatable bonds is 7. The van der Waals surface area contributed by atoms with Crippen molar-refractivity contribution in [1.82, 2.24) is 0 Å². The fraction of sp³-hybridized carbons (Fsp3) is 0.100. The van der Waals surface area contributed by atoms with Crippen LogP contribution >= 0.6 is 15.9 Å². The molecule has 0 atom stereocenters. The molecule has 1 N–H and O–H groups in total. The Morgan fingerprint density at radius 1 is 0.885 bits per heavy atom. The third-order valence-electron chi connectivity index (χ3n) is 3.82. The number of hydrogen-bond donors (Lipinski definition) is 1. The first kappa shape index (κ1) is 17.9. The summed E-state index contributed by atoms with van der Waals surface area (Å²) in [5.74, 6) is 0.760. The highest BCUT2D eigenvalue weighted by Crippen LogP contribution is 2.18. The summed E-state index contributed by atoms with van der Waals surface area (Å²) in [5, 5.41) is 14.0. The molecule has 3 aromatic rings. The summed E-state index contributed by atoms with van der Waals surface area (Å²) in [6.45, 7) is 1.10. The van der Waals surface area contributed by atoms with Gasteiger partial charge in [-0.2, -0.15) is 0 Å². The second kappa shape index (κ2) is 8.49. The van der Waals surface area contributed by atoms with E-state index in [0.717, 1.165) is 33.6 Å². The van der Waals surface area contributed by atoms with E-state index in [0.29, 0.717) is 6.61 Å². The molecule has 0 saturated heterocycles. The van der Waals surface area contributed by atoms with E-state index in [1.165, 1.54) is 12.1 Å². The van der Waals surface area contributed by atoms with Gasteiger partial charge in [0.15, 0.2) is 0 Å². The number of hydrogen-bond acceptors (Lipinski definition) is 4. The van der Waals surface area contributed by atoms with Gasteiger partial charge in [-0.05, 0) is 59.7 Å². The predicted molar refractivity (Wildman–Crippen MR) is 105 cm³/mol. The van der Waals surface area contributed by atoms with Crippen LogP contribution in [-0.2, 0) is 13.2 Å². The molecule has 0 amide bonds. The molecular weight excluding hydrogens is 396 g/mol. The maximum Gasteiger partial charge on any atom is 0.269 e. The van der Waals surface area contributed by atoms with E-state index in [1.54, 1.807) is 12.1 Å². The van der Waals surface area contributed by atoms with Crippen molar-refractivity contribution in [2.45, 2.75) is 13.2 Å². The molecule has 0 bridgehead atoms. The van der Waals surface area contributed by atoms with Gasteiger partial charge in [-0.25, -0.2) is 0 Å². The van der Waals surface area contributed by atoms with Crippen molar-refractivity contribution >= 4 is 27.3 Å². The van der Waals surface area contributed by atoms with Crippen molar-refractivity contribution in [3.05, 3.63) is 98.5 Å². The SMILES string of the molecule is O=[N+]([O-])c1ccc(COc2ccc(CNc3ccc(Br)cc3)cc2)cc1. The second-order valence-electron chi connectivity index (χ2n) is 5.72. The fourth-order valence-electron chi connectivity index (χ4n) is 2.36. The zero-order valence-electron chi connectivity index (χ0n) is 13.9. The minimum Gasteiger partial charge on any atom is -0.489 e. The van der Waals surface area contributed by atoms with Crippen LogP contribution in [0.3, 0.4) is 0 Å². The topological polar surface area (TPSA) is 64.4 Å². The Morgan fingerprint density at radius 2 is 1.50 bits per heavy atom. The Labute approximate surface area is 159 Å². The van der Waals surface area contributed by atoms with Gasteiger partial charge in [0.1, 0.15) is 12.4 Å². The highest BCUT2D eigenvalue weighted by atomic mass is 79.9. The van der Waals surface area contributed by atoms with Gasteiger partial charge in [0.05, 0.1) is 4.92 Å². The van der Waals surface area contributed by atoms with E-state index in [2.05, 4.69) is 21.2 Å². The number of nitrogens with zero attached hydrogens (tertiary/aromatic N) is 1. The van der Waals surface area contributed by atoms with Crippen molar-refractivity contribution in [1.29, 1.82) is 0 Å². The summed E-state index contributed by atoms with van der Waals surface area (Å²) in [7, 11) is 0. The molecule has 0 aliphatic carbocycles. The molecule has 5 nitrogen and oxygen atoms in total. The van der Waals surface area contributed by atoms with Gasteiger partial charge in [-0.3, -0.25) is 10.1 Å². The Hall–Kier alpha value is -2.86. The van der Waals surface area contributed by atoms with E-state index >= 15 is 0 Å². The Morgan fingerprint density at radius 3 is 2.12 bits per heavy atom. The Balaban J connectivity index is 1.50. The molecule has 0 aliphatic heterocycles. The fourth-order valence-corrected chi connectivity index (χ4v) is 2.62. The predicted octanol–water partition coefficient (Wildman–Crippen LogP) is 5.55. The molecule has 0 heterocycles. The normalized spacial score (nSPS) is 10.3. The summed E-state index contributed by atoms with van der Waals surface area (Å²) in [4.78, 5) is 10.2. The summed E-state index contributed by atoms with van der Waals surface area (Å²) in [6.07, 6.45) is 0. The zero-order valence-corrected chi connectivity index (χ0v) is 15.5. The van der Waals surface area contributed by atoms with Crippen molar-refractivity contribution in [3.8, 4) is 5.75 Å². The van der Waals surface area contributed by atoms with Crippen LogP contribution in [0.15, 0.2) is 77.3 Å². The van der Waals surface area contributed by atoms with Gasteiger partial charge >= 0.3 is 0 Å². The van der Waals surface area contributed by atoms with Crippen LogP contribution in [0.4, 0.5) is 11.4 Å². The van der Waals surface area contributed by atoms with Gasteiger partial charge in [0.2, 0.25) is 0 Å². The minimum atomic E-state index is -0.411. The number of nitro groups is 1. The number of nitro benzene ring substituents is 1. The minimum absolute atomic E-state index is 0.0800. The van der Waals surface area contributed by atoms with Crippen LogP contribution in [0, 0.1) is 10.1 Å². The Kier molecular flexibility index (Phi) is 5.86. The van der Waals surface area contributed by atoms with Crippen LogP contribution in [0.1, 0.15) is 11.1 Å². The molecule has 3 aromatic carbocycles. The molecule has 0 aromatic heterocycles. The highest BCUT2D eigenvalue weighted by molar-refractivity contribution is 9.10. The van der Waals surface area contributed by atoms with Crippen LogP contribution in [0.25, 0.3) is 0 Å². The smallest absolute Gasteiger partial charge is 0.269 e. The average Bonchev–Trinajstić information content (AvgIpc) is 2.67. The third kappa shape index (κ3) is 5.07. The van der Waals surface area contributed by atoms with E-state index in [4.69, 9.17) is 4.74 Å². The molecule has 0 fully saturated rings. The Bertz CT molecular complexity index is 863. The molecule has 0 radical (unpaired) electrons. The summed E-state index contributed by atoms with van der Waals surface area (Å²) in [5.41, 5.74) is 3.18. The first-order valence-corrected chi connectivity index (χ1v) is 8.84. The molecule has 0 aliphatic rings. The maximum atomic E-state index is 10.6. The van der Waals surface area contributed by atoms with Crippen molar-refractivity contribution in [2.75, 3.05) is 5.32 Å². The van der Waals surface area contributed by atoms with Gasteiger partial charge < -0.3 is 10.1 Å². The standard InChI is InChI=1S/C20H17BrN2O3/c21-17-5-7-18(8-6-17)22-13-15-3-11-20(12-4-15)26-14-16-1-9-19(10-2-16)23(24)25/h1-12,22H,13-14H2. The monoisotopic (exact) mass is 412 g/mol. The van der Waals surface area contributed by atoms with Crippen LogP contribution < -0.4 is 10.1 Å². The van der Waals surface area contributed by atoms with Gasteiger partial charge in [-0.15, -0.1) is 0 Å². The first-order valence-electron chi connectivity index (χ1n) is 8.05. The van der Waals surface area contributed by atoms with Gasteiger partial charge in [0.25, 0.3) is 5.69 Å². The largest absolute Gasteiger partial charge is 0.489 e. The van der Waals surface area contributed by atoms with Crippen LogP contribution in [0.2, 0.25) is 0 Å². The lowest BCUT2D eigenvalue weighted by atomic mass is 10.2. The van der Waals surface area contributed by atoms with Crippen LogP contribution in [-0.4, -0.2) is 4.92 Å². The van der Waals surface area contributed by atoms with Gasteiger partial charge in [0, 0.05) is 28.8 Å². The quantitative estimate of drug-likeness (QED) is 0.408. The number of halogens is 1. The van der Waals surface area contributed by atoms with Crippen molar-refractivity contribution < 1.29 is 9.66 Å². The molecule has 0 unspecified atom stereocenters. The first-order chi connectivity index (χ1) is 12.6. The molecule has 26 heavy (non-hydrogen) atoms. The highest BCUT2D eigenvalue weighted by Gasteiger charge is 2.04. The van der Waals surface area contributed by atoms with E-state index in [-0.39, 0.29) is 5.69 Å². The zero-order chi connectivity index (χ0) is 18.4. The van der Waals surface area contributed by atoms with Crippen molar-refractivity contribution in [3.63, 3.8) is 0 Å². The van der Waals surface area contributed by atoms with E-state index in [1.807, 2.05) is 48.5 Å². The molecule has 0 saturated carbocycles. The molecular formula is C20H17BrN2O3. The molecule has 3 rings (SSSR count). The summed E-state index contributed by atoms with van der Waals surface area (Å²) in [6, 6.07) is 22.3. The second-order valence-corrected chi connectivity index (χ2v) is 6.63. The molecule has 0 spiro atoms. The number of benzene rings is 3. The summed E-state index contributed by atoms with van der Waals surface area (Å²) >= 11 is 3.42. The maximum absolute atomic E-state index is 10.6. The van der Waals surface area contributed by atoms with Gasteiger partial charge in [-0.1, -0.05) is 28.1 Å². The summed E-state index contributed by atoms with van der Waals surface area (Å²) < 4.78 is 6.78. The van der Waals surface area contributed by atoms with E-state index < -0.39 is 4.92 Å². The lowest BCUT2D eigenvalue weighted by molar-refractivity contribution is -0.384. The van der Waals surface area contributed by atoms with Crippen LogP contribution in [0.5, 0.6) is 5.75 Å². The molecule has 6 heteroatoms. The van der Waals surface area contributed by atoms with E-state index in [9.17, 15) is 10.1 Å². The number of ether oxygens (including phenoxy) is 1.